The Morgan fingerprint density at radius 2 is 1.64 bits per heavy atom. The maximum atomic E-state index is 9.78. The van der Waals surface area contributed by atoms with Crippen molar-refractivity contribution in [1.29, 1.82) is 0 Å². The number of phenolic OH excluding ortho intramolecular Hbond substituents is 1. The Morgan fingerprint density at radius 1 is 0.857 bits per heavy atom. The van der Waals surface area contributed by atoms with Crippen molar-refractivity contribution in [2.75, 3.05) is 0 Å². The summed E-state index contributed by atoms with van der Waals surface area (Å²) in [5.41, 5.74) is 4.74. The van der Waals surface area contributed by atoms with Gasteiger partial charge in [-0.2, -0.15) is 0 Å². The first-order chi connectivity index (χ1) is 6.86. The molecule has 0 heterocycles. The number of rotatable bonds is 0. The van der Waals surface area contributed by atoms with Crippen molar-refractivity contribution < 1.29 is 5.11 Å². The van der Waals surface area contributed by atoms with Gasteiger partial charge in [-0.1, -0.05) is 36.4 Å². The highest BCUT2D eigenvalue weighted by atomic mass is 16.3. The molecule has 0 saturated heterocycles. The van der Waals surface area contributed by atoms with Crippen LogP contribution in [0.3, 0.4) is 0 Å². The molecule has 0 fully saturated rings. The average molecular weight is 188 g/mol. The molecule has 0 spiro atoms. The average Bonchev–Trinajstić information content (AvgIpc) is 2.57. The van der Waals surface area contributed by atoms with E-state index in [-0.39, 0.29) is 0 Å². The second kappa shape index (κ2) is 2.61. The van der Waals surface area contributed by atoms with Gasteiger partial charge in [0.05, 0.1) is 0 Å². The lowest BCUT2D eigenvalue weighted by molar-refractivity contribution is 0.477. The molecule has 1 aliphatic rings. The quantitative estimate of drug-likeness (QED) is 0.575. The predicted octanol–water partition coefficient (Wildman–Crippen LogP) is 2.96. The molecule has 2 aromatic rings. The molecule has 1 nitrogen and oxygen atoms in total. The van der Waals surface area contributed by atoms with Crippen LogP contribution in [0, 0.1) is 0 Å². The van der Waals surface area contributed by atoms with Gasteiger partial charge in [0, 0.05) is 5.56 Å². The van der Waals surface area contributed by atoms with E-state index in [0.29, 0.717) is 5.75 Å². The van der Waals surface area contributed by atoms with Crippen molar-refractivity contribution in [1.82, 2.24) is 0 Å². The van der Waals surface area contributed by atoms with Gasteiger partial charge in [0.15, 0.2) is 0 Å². The normalized spacial score (nSPS) is 12.3. The fourth-order valence-corrected chi connectivity index (χ4v) is 2.17. The summed E-state index contributed by atoms with van der Waals surface area (Å²) in [5.74, 6) is 0.396. The van der Waals surface area contributed by atoms with Gasteiger partial charge in [-0.15, -0.1) is 0 Å². The van der Waals surface area contributed by atoms with Crippen LogP contribution in [0.2, 0.25) is 0 Å². The summed E-state index contributed by atoms with van der Waals surface area (Å²) in [5, 5.41) is 9.78. The van der Waals surface area contributed by atoms with Gasteiger partial charge in [0.25, 0.3) is 0 Å². The van der Waals surface area contributed by atoms with E-state index in [4.69, 9.17) is 0 Å². The van der Waals surface area contributed by atoms with E-state index in [1.807, 2.05) is 18.2 Å². The molecule has 0 unspecified atom stereocenters. The summed E-state index contributed by atoms with van der Waals surface area (Å²) >= 11 is 0. The number of hydrogen-bond donors (Lipinski definition) is 1. The zero-order valence-electron chi connectivity index (χ0n) is 7.70. The zero-order valence-corrected chi connectivity index (χ0v) is 7.70. The summed E-state index contributed by atoms with van der Waals surface area (Å²) < 4.78 is 0. The molecule has 0 amide bonds. The van der Waals surface area contributed by atoms with Crippen molar-refractivity contribution in [3.63, 3.8) is 0 Å². The number of aromatic hydroxyl groups is 1. The molecule has 0 atom stereocenters. The molecule has 1 aliphatic carbocycles. The van der Waals surface area contributed by atoms with Crippen LogP contribution in [0.1, 0.15) is 11.1 Å². The molecular weight excluding hydrogens is 178 g/mol. The molecule has 3 rings (SSSR count). The number of benzene rings is 2. The van der Waals surface area contributed by atoms with Crippen LogP contribution in [0.5, 0.6) is 5.75 Å². The van der Waals surface area contributed by atoms with Crippen LogP contribution in [-0.2, 0) is 6.42 Å². The lowest BCUT2D eigenvalue weighted by Crippen LogP contribution is -1.78. The van der Waals surface area contributed by atoms with Crippen LogP contribution < -0.4 is 0 Å². The third-order valence-electron chi connectivity index (χ3n) is 2.80. The van der Waals surface area contributed by atoms with Gasteiger partial charge in [-0.25, -0.2) is 0 Å². The highest BCUT2D eigenvalue weighted by molar-refractivity contribution is 5.81. The summed E-state index contributed by atoms with van der Waals surface area (Å²) in [4.78, 5) is 0. The second-order valence-corrected chi connectivity index (χ2v) is 3.65. The van der Waals surface area contributed by atoms with Crippen molar-refractivity contribution in [3.8, 4) is 16.9 Å². The van der Waals surface area contributed by atoms with E-state index in [9.17, 15) is 5.11 Å². The maximum absolute atomic E-state index is 9.78. The van der Waals surface area contributed by atoms with E-state index in [0.717, 1.165) is 12.0 Å². The molecule has 2 aromatic carbocycles. The Morgan fingerprint density at radius 3 is 2.57 bits per heavy atom. The molecule has 0 saturated carbocycles. The summed E-state index contributed by atoms with van der Waals surface area (Å²) in [6.45, 7) is 0. The number of phenols is 1. The number of fused-ring (bicyclic) bond motifs is 3. The lowest BCUT2D eigenvalue weighted by atomic mass is 10.1. The minimum atomic E-state index is 0.396. The molecule has 0 bridgehead atoms. The molecule has 1 heteroatoms. The molecule has 1 N–H and O–H groups in total. The molecule has 0 aliphatic heterocycles. The van der Waals surface area contributed by atoms with Gasteiger partial charge in [0.1, 0.15) is 5.75 Å². The number of hydrogen-bond acceptors (Lipinski definition) is 1. The highest BCUT2D eigenvalue weighted by Crippen LogP contribution is 2.41. The Hall–Kier alpha value is -1.76. The highest BCUT2D eigenvalue weighted by Gasteiger charge is 2.19. The fourth-order valence-electron chi connectivity index (χ4n) is 2.17. The van der Waals surface area contributed by atoms with Crippen molar-refractivity contribution >= 4 is 0 Å². The van der Waals surface area contributed by atoms with Gasteiger partial charge >= 0.3 is 0 Å². The summed E-state index contributed by atoms with van der Waals surface area (Å²) in [6.07, 6.45) is 0.944. The maximum Gasteiger partial charge on any atom is 0.123 e. The van der Waals surface area contributed by atoms with Crippen LogP contribution in [0.15, 0.2) is 42.5 Å². The van der Waals surface area contributed by atoms with E-state index in [2.05, 4.69) is 18.2 Å². The Labute approximate surface area is 82.6 Å². The Balaban J connectivity index is 2.35. The van der Waals surface area contributed by atoms with Crippen LogP contribution in [0.4, 0.5) is 0 Å². The molecule has 0 radical (unpaired) electrons. The largest absolute Gasteiger partial charge is 0.507 e. The van der Waals surface area contributed by atoms with E-state index in [1.54, 1.807) is 6.07 Å². The molecule has 14 heavy (non-hydrogen) atoms. The first-order valence-electron chi connectivity index (χ1n) is 4.75. The monoisotopic (exact) mass is 188 g/mol. The van der Waals surface area contributed by atoms with Gasteiger partial charge in [0.2, 0.25) is 0 Å². The predicted molar refractivity (Wildman–Crippen MR) is 56.3 cm³/mol. The third kappa shape index (κ3) is 0.896. The second-order valence-electron chi connectivity index (χ2n) is 3.65. The lowest BCUT2D eigenvalue weighted by Gasteiger charge is -2.02. The molecule has 0 aromatic heterocycles. The third-order valence-corrected chi connectivity index (χ3v) is 2.80. The van der Waals surface area contributed by atoms with Gasteiger partial charge in [-0.3, -0.25) is 0 Å². The first-order valence-corrected chi connectivity index (χ1v) is 4.75. The van der Waals surface area contributed by atoms with E-state index < -0.39 is 0 Å². The minimum absolute atomic E-state index is 0.396. The Bertz CT molecular complexity index is 500. The summed E-state index contributed by atoms with van der Waals surface area (Å²) in [6, 6.07) is 14.0. The fraction of sp³-hybridized carbons (Fsp3) is 0.0769. The SMILES string of the molecule is Oc1cccc2c1-[13c]1[13cH][13cH][13cH][13cH][13c]1C2. The van der Waals surface area contributed by atoms with Crippen molar-refractivity contribution in [2.45, 2.75) is 6.42 Å². The molecular formula is C13H10O. The van der Waals surface area contributed by atoms with E-state index in [1.165, 1.54) is 16.7 Å². The summed E-state index contributed by atoms with van der Waals surface area (Å²) in [7, 11) is 0. The van der Waals surface area contributed by atoms with Gasteiger partial charge in [-0.05, 0) is 29.2 Å². The first kappa shape index (κ1) is 7.63. The Kier molecular flexibility index (Phi) is 1.42. The minimum Gasteiger partial charge on any atom is -0.507 e. The standard InChI is InChI=1S/C13H10O/c14-12-7-3-5-10-8-9-4-1-2-6-11(9)13(10)12/h1-7,14H,8H2/i1+1,2+1,4+1,6+1,9+1,11+1. The van der Waals surface area contributed by atoms with Crippen LogP contribution in [-0.4, -0.2) is 5.11 Å². The van der Waals surface area contributed by atoms with Crippen LogP contribution >= 0.6 is 0 Å². The van der Waals surface area contributed by atoms with Crippen molar-refractivity contribution in [3.05, 3.63) is 53.6 Å². The van der Waals surface area contributed by atoms with Crippen molar-refractivity contribution in [2.24, 2.45) is 0 Å². The smallest absolute Gasteiger partial charge is 0.123 e. The molecule has 68 valence electrons. The zero-order chi connectivity index (χ0) is 9.54. The van der Waals surface area contributed by atoms with E-state index >= 15 is 0 Å². The van der Waals surface area contributed by atoms with Gasteiger partial charge < -0.3 is 5.11 Å². The topological polar surface area (TPSA) is 20.2 Å². The van der Waals surface area contributed by atoms with Crippen LogP contribution in [0.25, 0.3) is 11.1 Å².